The smallest absolute Gasteiger partial charge is 0.309 e. The molecular weight excluding hydrogens is 432 g/mol. The van der Waals surface area contributed by atoms with Crippen molar-refractivity contribution >= 4 is 43.5 Å². The summed E-state index contributed by atoms with van der Waals surface area (Å²) >= 11 is 5.90. The molecule has 1 aromatic heterocycles. The Morgan fingerprint density at radius 1 is 1.04 bits per heavy atom. The number of rotatable bonds is 10. The van der Waals surface area contributed by atoms with E-state index < -0.39 is 32.6 Å². The second kappa shape index (κ2) is 9.56. The van der Waals surface area contributed by atoms with Gasteiger partial charge in [-0.05, 0) is 30.7 Å². The predicted octanol–water partition coefficient (Wildman–Crippen LogP) is 1.29. The Bertz CT molecular complexity index is 982. The lowest BCUT2D eigenvalue weighted by Crippen LogP contribution is -2.29. The molecule has 1 heterocycles. The lowest BCUT2D eigenvalue weighted by Gasteiger charge is -2.22. The van der Waals surface area contributed by atoms with Crippen molar-refractivity contribution in [2.75, 3.05) is 36.7 Å². The van der Waals surface area contributed by atoms with Crippen LogP contribution in [0.1, 0.15) is 5.82 Å². The van der Waals surface area contributed by atoms with Gasteiger partial charge in [0.1, 0.15) is 5.82 Å². The van der Waals surface area contributed by atoms with Crippen LogP contribution >= 0.6 is 11.6 Å². The SMILES string of the molecule is COS(=O)(=O)OCCS(=O)(=O)CCN(c1ccccc1)c1nc(C)nc(Cl)n1. The summed E-state index contributed by atoms with van der Waals surface area (Å²) in [4.78, 5) is 13.8. The summed E-state index contributed by atoms with van der Waals surface area (Å²) in [7, 11) is -6.90. The summed E-state index contributed by atoms with van der Waals surface area (Å²) in [6.07, 6.45) is 0. The molecule has 0 amide bonds. The molecule has 154 valence electrons. The van der Waals surface area contributed by atoms with Gasteiger partial charge in [0, 0.05) is 12.2 Å². The molecule has 0 saturated heterocycles. The van der Waals surface area contributed by atoms with E-state index in [9.17, 15) is 16.8 Å². The minimum absolute atomic E-state index is 0.00976. The van der Waals surface area contributed by atoms with E-state index in [1.165, 1.54) is 0 Å². The van der Waals surface area contributed by atoms with Crippen molar-refractivity contribution in [1.82, 2.24) is 15.0 Å². The van der Waals surface area contributed by atoms with Gasteiger partial charge in [0.05, 0.1) is 25.2 Å². The molecule has 2 rings (SSSR count). The second-order valence-corrected chi connectivity index (χ2v) is 9.51. The Hall–Kier alpha value is -1.86. The van der Waals surface area contributed by atoms with Crippen LogP contribution in [0.4, 0.5) is 11.6 Å². The van der Waals surface area contributed by atoms with Crippen molar-refractivity contribution in [2.45, 2.75) is 6.92 Å². The maximum atomic E-state index is 12.3. The van der Waals surface area contributed by atoms with Crippen molar-refractivity contribution < 1.29 is 25.2 Å². The second-order valence-electron chi connectivity index (χ2n) is 5.49. The van der Waals surface area contributed by atoms with Crippen molar-refractivity contribution in [3.8, 4) is 0 Å². The Balaban J connectivity index is 2.15. The molecule has 28 heavy (non-hydrogen) atoms. The van der Waals surface area contributed by atoms with Crippen molar-refractivity contribution in [2.24, 2.45) is 0 Å². The summed E-state index contributed by atoms with van der Waals surface area (Å²) in [5.74, 6) is -0.190. The number of sulfone groups is 1. The lowest BCUT2D eigenvalue weighted by molar-refractivity contribution is 0.255. The standard InChI is InChI=1S/C15H19ClN4O6S2/c1-12-17-14(16)19-15(18-12)20(13-6-4-3-5-7-13)8-10-27(21,22)11-9-26-28(23,24)25-2/h3-7H,8-11H2,1-2H3. The number of hydrogen-bond acceptors (Lipinski definition) is 10. The minimum atomic E-state index is -4.19. The number of nitrogens with zero attached hydrogens (tertiary/aromatic N) is 4. The van der Waals surface area contributed by atoms with Crippen LogP contribution in [0.25, 0.3) is 0 Å². The topological polar surface area (TPSA) is 129 Å². The first-order valence-electron chi connectivity index (χ1n) is 7.98. The third-order valence-corrected chi connectivity index (χ3v) is 6.10. The minimum Gasteiger partial charge on any atom is -0.309 e. The van der Waals surface area contributed by atoms with Gasteiger partial charge in [0.2, 0.25) is 11.2 Å². The highest BCUT2D eigenvalue weighted by Crippen LogP contribution is 2.22. The maximum Gasteiger partial charge on any atom is 0.399 e. The normalized spacial score (nSPS) is 12.1. The van der Waals surface area contributed by atoms with Crippen LogP contribution in [0.2, 0.25) is 5.28 Å². The Kier molecular flexibility index (Phi) is 7.66. The van der Waals surface area contributed by atoms with Crippen LogP contribution in [0.5, 0.6) is 0 Å². The number of halogens is 1. The van der Waals surface area contributed by atoms with E-state index in [4.69, 9.17) is 11.6 Å². The molecule has 0 aliphatic heterocycles. The number of anilines is 2. The number of hydrogen-bond donors (Lipinski definition) is 0. The zero-order valence-corrected chi connectivity index (χ0v) is 17.5. The summed E-state index contributed by atoms with van der Waals surface area (Å²) in [6, 6.07) is 8.94. The molecule has 0 unspecified atom stereocenters. The van der Waals surface area contributed by atoms with Crippen LogP contribution in [0.15, 0.2) is 30.3 Å². The van der Waals surface area contributed by atoms with E-state index >= 15 is 0 Å². The average Bonchev–Trinajstić information content (AvgIpc) is 2.61. The fraction of sp³-hybridized carbons (Fsp3) is 0.400. The summed E-state index contributed by atoms with van der Waals surface area (Å²) in [5, 5.41) is -0.00976. The number of aromatic nitrogens is 3. The molecule has 10 nitrogen and oxygen atoms in total. The number of para-hydroxylation sites is 1. The molecule has 0 aliphatic carbocycles. The first-order chi connectivity index (χ1) is 13.1. The van der Waals surface area contributed by atoms with Gasteiger partial charge in [0.25, 0.3) is 0 Å². The molecule has 0 N–H and O–H groups in total. The zero-order valence-electron chi connectivity index (χ0n) is 15.1. The Morgan fingerprint density at radius 3 is 2.32 bits per heavy atom. The first kappa shape index (κ1) is 22.4. The molecule has 0 saturated carbocycles. The van der Waals surface area contributed by atoms with Gasteiger partial charge in [-0.1, -0.05) is 18.2 Å². The van der Waals surface area contributed by atoms with Gasteiger partial charge >= 0.3 is 10.4 Å². The zero-order chi connectivity index (χ0) is 20.8. The Labute approximate surface area is 168 Å². The van der Waals surface area contributed by atoms with Crippen LogP contribution in [-0.2, 0) is 28.6 Å². The fourth-order valence-electron chi connectivity index (χ4n) is 2.15. The van der Waals surface area contributed by atoms with Gasteiger partial charge in [-0.2, -0.15) is 18.4 Å². The molecule has 2 aromatic rings. The monoisotopic (exact) mass is 450 g/mol. The van der Waals surface area contributed by atoms with Gasteiger partial charge in [-0.3, -0.25) is 4.18 Å². The summed E-state index contributed by atoms with van der Waals surface area (Å²) in [5.41, 5.74) is 0.664. The molecule has 0 radical (unpaired) electrons. The highest BCUT2D eigenvalue weighted by Gasteiger charge is 2.20. The summed E-state index contributed by atoms with van der Waals surface area (Å²) < 4.78 is 55.3. The molecule has 0 fully saturated rings. The summed E-state index contributed by atoms with van der Waals surface area (Å²) in [6.45, 7) is 1.12. The largest absolute Gasteiger partial charge is 0.399 e. The van der Waals surface area contributed by atoms with Crippen LogP contribution < -0.4 is 4.90 Å². The Morgan fingerprint density at radius 2 is 1.71 bits per heavy atom. The molecule has 13 heteroatoms. The third-order valence-electron chi connectivity index (χ3n) is 3.47. The van der Waals surface area contributed by atoms with Crippen molar-refractivity contribution in [1.29, 1.82) is 0 Å². The van der Waals surface area contributed by atoms with E-state index in [1.54, 1.807) is 36.1 Å². The lowest BCUT2D eigenvalue weighted by atomic mass is 10.3. The van der Waals surface area contributed by atoms with E-state index in [2.05, 4.69) is 23.3 Å². The molecule has 0 atom stereocenters. The van der Waals surface area contributed by atoms with Crippen molar-refractivity contribution in [3.63, 3.8) is 0 Å². The third kappa shape index (κ3) is 6.95. The quantitative estimate of drug-likeness (QED) is 0.522. The van der Waals surface area contributed by atoms with Gasteiger partial charge in [0.15, 0.2) is 9.84 Å². The average molecular weight is 451 g/mol. The molecular formula is C15H19ClN4O6S2. The van der Waals surface area contributed by atoms with E-state index in [-0.39, 0.29) is 23.5 Å². The van der Waals surface area contributed by atoms with Gasteiger partial charge < -0.3 is 4.90 Å². The van der Waals surface area contributed by atoms with Crippen molar-refractivity contribution in [3.05, 3.63) is 41.4 Å². The predicted molar refractivity (Wildman–Crippen MR) is 104 cm³/mol. The molecule has 0 aliphatic rings. The van der Waals surface area contributed by atoms with Crippen LogP contribution in [-0.4, -0.2) is 63.6 Å². The highest BCUT2D eigenvalue weighted by atomic mass is 35.5. The molecule has 0 spiro atoms. The molecule has 0 bridgehead atoms. The van der Waals surface area contributed by atoms with Crippen LogP contribution in [0.3, 0.4) is 0 Å². The van der Waals surface area contributed by atoms with Crippen LogP contribution in [0, 0.1) is 6.92 Å². The van der Waals surface area contributed by atoms with E-state index in [0.717, 1.165) is 7.11 Å². The highest BCUT2D eigenvalue weighted by molar-refractivity contribution is 7.91. The first-order valence-corrected chi connectivity index (χ1v) is 11.5. The fourth-order valence-corrected chi connectivity index (χ4v) is 3.84. The maximum absolute atomic E-state index is 12.3. The van der Waals surface area contributed by atoms with E-state index in [1.807, 2.05) is 6.07 Å². The number of aryl methyl sites for hydroxylation is 1. The molecule has 1 aromatic carbocycles. The van der Waals surface area contributed by atoms with E-state index in [0.29, 0.717) is 11.5 Å². The van der Waals surface area contributed by atoms with Gasteiger partial charge in [-0.15, -0.1) is 0 Å². The number of benzene rings is 1. The van der Waals surface area contributed by atoms with Gasteiger partial charge in [-0.25, -0.2) is 17.6 Å².